The highest BCUT2D eigenvalue weighted by atomic mass is 35.5. The van der Waals surface area contributed by atoms with Crippen molar-refractivity contribution in [3.63, 3.8) is 0 Å². The Labute approximate surface area is 222 Å². The molecule has 0 bridgehead atoms. The number of carbonyl (C=O) groups is 2. The molecule has 0 atom stereocenters. The number of nitrogens with one attached hydrogen (secondary N) is 1. The van der Waals surface area contributed by atoms with Gasteiger partial charge in [0.15, 0.2) is 14.0 Å². The van der Waals surface area contributed by atoms with Crippen LogP contribution in [0.25, 0.3) is 5.65 Å². The van der Waals surface area contributed by atoms with Crippen molar-refractivity contribution in [3.05, 3.63) is 52.9 Å². The van der Waals surface area contributed by atoms with Crippen molar-refractivity contribution in [1.29, 1.82) is 0 Å². The minimum absolute atomic E-state index is 0.0157. The molecule has 0 radical (unpaired) electrons. The first-order valence-corrected chi connectivity index (χ1v) is 15.7. The molecule has 11 heteroatoms. The second kappa shape index (κ2) is 10.4. The van der Waals surface area contributed by atoms with E-state index in [0.29, 0.717) is 22.1 Å². The molecule has 1 aromatic carbocycles. The molecular formula is C26H34ClN5O4Si. The Bertz CT molecular complexity index is 1310. The molecule has 198 valence electrons. The third-order valence-corrected chi connectivity index (χ3v) is 12.0. The molecule has 37 heavy (non-hydrogen) atoms. The van der Waals surface area contributed by atoms with E-state index in [1.807, 2.05) is 0 Å². The van der Waals surface area contributed by atoms with Gasteiger partial charge in [-0.1, -0.05) is 32.4 Å². The molecule has 1 aliphatic carbocycles. The fourth-order valence-corrected chi connectivity index (χ4v) is 5.69. The first-order valence-electron chi connectivity index (χ1n) is 12.4. The number of ether oxygens (including phenoxy) is 1. The summed E-state index contributed by atoms with van der Waals surface area (Å²) >= 11 is 6.24. The van der Waals surface area contributed by atoms with E-state index in [1.165, 1.54) is 23.1 Å². The number of aromatic nitrogens is 3. The fraction of sp³-hybridized carbons (Fsp3) is 0.462. The van der Waals surface area contributed by atoms with Gasteiger partial charge in [-0.15, -0.1) is 0 Å². The number of nitrogens with zero attached hydrogens (tertiary/aromatic N) is 3. The molecule has 0 aliphatic heterocycles. The van der Waals surface area contributed by atoms with Gasteiger partial charge in [0.1, 0.15) is 11.3 Å². The maximum atomic E-state index is 13.1. The van der Waals surface area contributed by atoms with Gasteiger partial charge in [-0.3, -0.25) is 9.59 Å². The number of fused-ring (bicyclic) bond motifs is 1. The van der Waals surface area contributed by atoms with Crippen molar-refractivity contribution in [1.82, 2.24) is 14.6 Å². The van der Waals surface area contributed by atoms with E-state index in [2.05, 4.69) is 49.3 Å². The second-order valence-electron chi connectivity index (χ2n) is 11.0. The van der Waals surface area contributed by atoms with E-state index in [-0.39, 0.29) is 28.4 Å². The predicted molar refractivity (Wildman–Crippen MR) is 146 cm³/mol. The number of rotatable bonds is 7. The molecule has 3 N–H and O–H groups in total. The third kappa shape index (κ3) is 6.14. The Balaban J connectivity index is 1.44. The van der Waals surface area contributed by atoms with Crippen LogP contribution < -0.4 is 15.8 Å². The Morgan fingerprint density at radius 1 is 1.14 bits per heavy atom. The summed E-state index contributed by atoms with van der Waals surface area (Å²) in [6.07, 6.45) is 8.02. The van der Waals surface area contributed by atoms with Crippen LogP contribution >= 0.6 is 11.6 Å². The van der Waals surface area contributed by atoms with Crippen molar-refractivity contribution in [2.75, 3.05) is 5.32 Å². The molecule has 2 aromatic heterocycles. The van der Waals surface area contributed by atoms with Crippen LogP contribution in [0.3, 0.4) is 0 Å². The SMILES string of the molecule is CC(C)(C)[Si](C)(C)OC1CCC(Oc2ccc(Cl)cc2NC(=O)c2cnn3cc(C(N)=O)cnc23)CC1. The van der Waals surface area contributed by atoms with Gasteiger partial charge < -0.3 is 20.2 Å². The van der Waals surface area contributed by atoms with Gasteiger partial charge in [0.25, 0.3) is 11.8 Å². The maximum Gasteiger partial charge on any atom is 0.261 e. The normalized spacial score (nSPS) is 18.5. The van der Waals surface area contributed by atoms with Crippen molar-refractivity contribution in [2.45, 2.75) is 76.8 Å². The number of hydrogen-bond acceptors (Lipinski definition) is 6. The van der Waals surface area contributed by atoms with Crippen LogP contribution in [0, 0.1) is 0 Å². The Hall–Kier alpha value is -2.95. The van der Waals surface area contributed by atoms with Gasteiger partial charge in [-0.05, 0) is 62.0 Å². The highest BCUT2D eigenvalue weighted by Crippen LogP contribution is 2.40. The average Bonchev–Trinajstić information content (AvgIpc) is 3.24. The number of benzene rings is 1. The topological polar surface area (TPSA) is 121 Å². The van der Waals surface area contributed by atoms with Gasteiger partial charge in [0.2, 0.25) is 0 Å². The van der Waals surface area contributed by atoms with Gasteiger partial charge >= 0.3 is 0 Å². The fourth-order valence-electron chi connectivity index (χ4n) is 4.10. The molecular weight excluding hydrogens is 510 g/mol. The Morgan fingerprint density at radius 2 is 1.81 bits per heavy atom. The highest BCUT2D eigenvalue weighted by Gasteiger charge is 2.40. The Kier molecular flexibility index (Phi) is 7.64. The minimum atomic E-state index is -1.81. The number of carbonyl (C=O) groups excluding carboxylic acids is 2. The lowest BCUT2D eigenvalue weighted by molar-refractivity contribution is 0.0728. The van der Waals surface area contributed by atoms with Gasteiger partial charge in [-0.2, -0.15) is 5.10 Å². The molecule has 9 nitrogen and oxygen atoms in total. The van der Waals surface area contributed by atoms with Crippen LogP contribution in [-0.4, -0.2) is 46.9 Å². The van der Waals surface area contributed by atoms with Crippen LogP contribution in [0.15, 0.2) is 36.8 Å². The molecule has 0 unspecified atom stereocenters. The zero-order valence-corrected chi connectivity index (χ0v) is 23.6. The van der Waals surface area contributed by atoms with Crippen LogP contribution in [0.5, 0.6) is 5.75 Å². The van der Waals surface area contributed by atoms with Gasteiger partial charge in [0.05, 0.1) is 23.6 Å². The maximum absolute atomic E-state index is 13.1. The van der Waals surface area contributed by atoms with Gasteiger partial charge in [0, 0.05) is 23.5 Å². The lowest BCUT2D eigenvalue weighted by Crippen LogP contribution is -2.45. The number of nitrogens with two attached hydrogens (primary N) is 1. The molecule has 2 amide bonds. The summed E-state index contributed by atoms with van der Waals surface area (Å²) in [5.41, 5.74) is 6.50. The summed E-state index contributed by atoms with van der Waals surface area (Å²) in [5, 5.41) is 7.65. The summed E-state index contributed by atoms with van der Waals surface area (Å²) in [7, 11) is -1.81. The van der Waals surface area contributed by atoms with E-state index >= 15 is 0 Å². The molecule has 4 rings (SSSR count). The number of hydrogen-bond donors (Lipinski definition) is 2. The highest BCUT2D eigenvalue weighted by molar-refractivity contribution is 6.74. The van der Waals surface area contributed by atoms with E-state index in [0.717, 1.165) is 25.7 Å². The lowest BCUT2D eigenvalue weighted by Gasteiger charge is -2.41. The summed E-state index contributed by atoms with van der Waals surface area (Å²) in [5.74, 6) is -0.503. The molecule has 2 heterocycles. The second-order valence-corrected chi connectivity index (χ2v) is 16.2. The minimum Gasteiger partial charge on any atom is -0.488 e. The quantitative estimate of drug-likeness (QED) is 0.382. The molecule has 1 fully saturated rings. The monoisotopic (exact) mass is 543 g/mol. The summed E-state index contributed by atoms with van der Waals surface area (Å²) in [6, 6.07) is 5.16. The standard InChI is InChI=1S/C26H34ClN5O4Si/c1-26(2,3)37(4,5)36-19-9-7-18(8-10-19)35-22-11-6-17(27)12-21(22)31-25(34)20-14-30-32-15-16(23(28)33)13-29-24(20)32/h6,11-15,18-19H,7-10H2,1-5H3,(H2,28,33)(H,31,34). The molecule has 1 saturated carbocycles. The number of anilines is 1. The predicted octanol–water partition coefficient (Wildman–Crippen LogP) is 5.45. The van der Waals surface area contributed by atoms with E-state index in [1.54, 1.807) is 18.2 Å². The number of amides is 2. The summed E-state index contributed by atoms with van der Waals surface area (Å²) in [4.78, 5) is 28.7. The molecule has 3 aromatic rings. The van der Waals surface area contributed by atoms with Crippen molar-refractivity contribution >= 4 is 43.1 Å². The first-order chi connectivity index (χ1) is 17.3. The van der Waals surface area contributed by atoms with E-state index in [9.17, 15) is 9.59 Å². The average molecular weight is 544 g/mol. The Morgan fingerprint density at radius 3 is 2.46 bits per heavy atom. The van der Waals surface area contributed by atoms with Crippen LogP contribution in [0.2, 0.25) is 23.2 Å². The molecule has 0 spiro atoms. The van der Waals surface area contributed by atoms with Crippen LogP contribution in [0.4, 0.5) is 5.69 Å². The zero-order valence-electron chi connectivity index (χ0n) is 21.9. The largest absolute Gasteiger partial charge is 0.488 e. The van der Waals surface area contributed by atoms with Gasteiger partial charge in [-0.25, -0.2) is 9.50 Å². The first kappa shape index (κ1) is 27.1. The zero-order chi connectivity index (χ0) is 27.0. The van der Waals surface area contributed by atoms with E-state index in [4.69, 9.17) is 26.5 Å². The van der Waals surface area contributed by atoms with Crippen LogP contribution in [0.1, 0.15) is 67.2 Å². The molecule has 1 aliphatic rings. The number of halogens is 1. The van der Waals surface area contributed by atoms with Crippen LogP contribution in [-0.2, 0) is 4.43 Å². The lowest BCUT2D eigenvalue weighted by atomic mass is 9.95. The molecule has 0 saturated heterocycles. The smallest absolute Gasteiger partial charge is 0.261 e. The van der Waals surface area contributed by atoms with Crippen molar-refractivity contribution in [3.8, 4) is 5.75 Å². The summed E-state index contributed by atoms with van der Waals surface area (Å²) < 4.78 is 14.3. The van der Waals surface area contributed by atoms with Crippen molar-refractivity contribution in [2.24, 2.45) is 5.73 Å². The van der Waals surface area contributed by atoms with E-state index < -0.39 is 20.1 Å². The summed E-state index contributed by atoms with van der Waals surface area (Å²) in [6.45, 7) is 11.3. The number of primary amides is 1. The third-order valence-electron chi connectivity index (χ3n) is 7.26. The van der Waals surface area contributed by atoms with Crippen molar-refractivity contribution < 1.29 is 18.8 Å².